The van der Waals surface area contributed by atoms with Crippen molar-refractivity contribution in [1.29, 1.82) is 0 Å². The highest BCUT2D eigenvalue weighted by Crippen LogP contribution is 2.28. The third-order valence-electron chi connectivity index (χ3n) is 1.56. The molecule has 16 heavy (non-hydrogen) atoms. The van der Waals surface area contributed by atoms with E-state index < -0.39 is 34.8 Å². The van der Waals surface area contributed by atoms with E-state index in [0.29, 0.717) is 0 Å². The van der Waals surface area contributed by atoms with E-state index in [1.807, 2.05) is 0 Å². The lowest BCUT2D eigenvalue weighted by Gasteiger charge is -2.08. The van der Waals surface area contributed by atoms with Gasteiger partial charge in [0.25, 0.3) is 0 Å². The van der Waals surface area contributed by atoms with Crippen LogP contribution in [-0.2, 0) is 0 Å². The van der Waals surface area contributed by atoms with E-state index >= 15 is 0 Å². The molecule has 1 rings (SSSR count). The quantitative estimate of drug-likeness (QED) is 0.290. The van der Waals surface area contributed by atoms with Crippen molar-refractivity contribution in [3.63, 3.8) is 0 Å². The smallest absolute Gasteiger partial charge is 0.206 e. The van der Waals surface area contributed by atoms with Crippen LogP contribution in [0.3, 0.4) is 0 Å². The summed E-state index contributed by atoms with van der Waals surface area (Å²) in [7, 11) is 0. The molecule has 2 nitrogen and oxygen atoms in total. The van der Waals surface area contributed by atoms with E-state index in [1.54, 1.807) is 0 Å². The maximum absolute atomic E-state index is 12.9. The van der Waals surface area contributed by atoms with Gasteiger partial charge in [-0.05, 0) is 0 Å². The average molecular weight is 355 g/mol. The lowest BCUT2D eigenvalue weighted by atomic mass is 10.2. The molecule has 0 saturated carbocycles. The predicted octanol–water partition coefficient (Wildman–Crippen LogP) is -1.99. The molecule has 0 aliphatic rings. The SMILES string of the molecule is [I-].[NH3+]CCOc1c(F)c(F)c(F)c(F)c1F. The van der Waals surface area contributed by atoms with Gasteiger partial charge in [-0.25, -0.2) is 13.2 Å². The standard InChI is InChI=1S/C8H6F5NO.HI/c9-3-4(10)6(12)8(15-2-1-14)7(13)5(3)11;/h1-2,14H2;1H. The first-order valence-corrected chi connectivity index (χ1v) is 3.94. The molecular formula is C8H7F5INO. The Morgan fingerprint density at radius 2 is 1.19 bits per heavy atom. The Labute approximate surface area is 105 Å². The minimum Gasteiger partial charge on any atom is -1.00 e. The van der Waals surface area contributed by atoms with Crippen molar-refractivity contribution in [2.24, 2.45) is 0 Å². The summed E-state index contributed by atoms with van der Waals surface area (Å²) < 4.78 is 67.8. The fraction of sp³-hybridized carbons (Fsp3) is 0.250. The highest BCUT2D eigenvalue weighted by molar-refractivity contribution is 5.29. The van der Waals surface area contributed by atoms with Crippen LogP contribution in [0.4, 0.5) is 22.0 Å². The van der Waals surface area contributed by atoms with E-state index in [4.69, 9.17) is 0 Å². The highest BCUT2D eigenvalue weighted by Gasteiger charge is 2.26. The molecule has 0 amide bonds. The second-order valence-electron chi connectivity index (χ2n) is 2.60. The van der Waals surface area contributed by atoms with Gasteiger partial charge in [0.05, 0.1) is 0 Å². The van der Waals surface area contributed by atoms with Gasteiger partial charge < -0.3 is 34.4 Å². The van der Waals surface area contributed by atoms with Crippen LogP contribution in [0.5, 0.6) is 5.75 Å². The summed E-state index contributed by atoms with van der Waals surface area (Å²) in [6.45, 7) is -0.0994. The van der Waals surface area contributed by atoms with E-state index in [9.17, 15) is 22.0 Å². The zero-order valence-electron chi connectivity index (χ0n) is 7.80. The number of benzene rings is 1. The third-order valence-corrected chi connectivity index (χ3v) is 1.56. The molecule has 8 heteroatoms. The van der Waals surface area contributed by atoms with Gasteiger partial charge in [0.2, 0.25) is 29.1 Å². The minimum absolute atomic E-state index is 0. The van der Waals surface area contributed by atoms with E-state index in [1.165, 1.54) is 0 Å². The van der Waals surface area contributed by atoms with Crippen LogP contribution in [0.15, 0.2) is 0 Å². The zero-order chi connectivity index (χ0) is 11.6. The van der Waals surface area contributed by atoms with Crippen LogP contribution >= 0.6 is 0 Å². The normalized spacial score (nSPS) is 9.88. The lowest BCUT2D eigenvalue weighted by Crippen LogP contribution is -3.00. The van der Waals surface area contributed by atoms with Crippen molar-refractivity contribution in [2.45, 2.75) is 0 Å². The van der Waals surface area contributed by atoms with Crippen LogP contribution in [0, 0.1) is 29.1 Å². The van der Waals surface area contributed by atoms with Crippen LogP contribution < -0.4 is 34.4 Å². The topological polar surface area (TPSA) is 36.9 Å². The molecule has 0 bridgehead atoms. The van der Waals surface area contributed by atoms with Crippen molar-refractivity contribution in [3.8, 4) is 5.75 Å². The van der Waals surface area contributed by atoms with Crippen LogP contribution in [0.25, 0.3) is 0 Å². The summed E-state index contributed by atoms with van der Waals surface area (Å²) in [6.07, 6.45) is 0. The number of hydrogen-bond acceptors (Lipinski definition) is 1. The molecule has 92 valence electrons. The Kier molecular flexibility index (Phi) is 5.94. The molecule has 0 aliphatic carbocycles. The predicted molar refractivity (Wildman–Crippen MR) is 39.5 cm³/mol. The second-order valence-corrected chi connectivity index (χ2v) is 2.60. The van der Waals surface area contributed by atoms with Crippen LogP contribution in [-0.4, -0.2) is 13.2 Å². The van der Waals surface area contributed by atoms with Crippen LogP contribution in [0.1, 0.15) is 0 Å². The second kappa shape index (κ2) is 6.18. The Morgan fingerprint density at radius 3 is 1.56 bits per heavy atom. The maximum Gasteiger partial charge on any atom is 0.206 e. The monoisotopic (exact) mass is 355 g/mol. The summed E-state index contributed by atoms with van der Waals surface area (Å²) in [5.74, 6) is -11.5. The van der Waals surface area contributed by atoms with Gasteiger partial charge in [0, 0.05) is 0 Å². The van der Waals surface area contributed by atoms with Crippen molar-refractivity contribution >= 4 is 0 Å². The van der Waals surface area contributed by atoms with Crippen molar-refractivity contribution < 1.29 is 56.4 Å². The molecule has 0 unspecified atom stereocenters. The summed E-state index contributed by atoms with van der Waals surface area (Å²) in [5, 5.41) is 0. The fourth-order valence-electron chi connectivity index (χ4n) is 0.886. The first-order valence-electron chi connectivity index (χ1n) is 3.94. The van der Waals surface area contributed by atoms with Gasteiger partial charge in [-0.15, -0.1) is 0 Å². The molecule has 0 spiro atoms. The molecule has 1 aromatic rings. The van der Waals surface area contributed by atoms with Crippen molar-refractivity contribution in [1.82, 2.24) is 0 Å². The number of ether oxygens (including phenoxy) is 1. The Morgan fingerprint density at radius 1 is 0.812 bits per heavy atom. The number of halogens is 6. The molecule has 0 aromatic heterocycles. The van der Waals surface area contributed by atoms with Crippen molar-refractivity contribution in [3.05, 3.63) is 29.1 Å². The summed E-state index contributed by atoms with van der Waals surface area (Å²) in [6, 6.07) is 0. The first kappa shape index (κ1) is 15.4. The largest absolute Gasteiger partial charge is 1.00 e. The molecule has 0 fully saturated rings. The van der Waals surface area contributed by atoms with Gasteiger partial charge >= 0.3 is 0 Å². The van der Waals surface area contributed by atoms with Gasteiger partial charge in [0.15, 0.2) is 5.75 Å². The number of rotatable bonds is 3. The van der Waals surface area contributed by atoms with E-state index in [-0.39, 0.29) is 37.1 Å². The summed E-state index contributed by atoms with van der Waals surface area (Å²) in [5.41, 5.74) is 3.29. The molecule has 3 N–H and O–H groups in total. The summed E-state index contributed by atoms with van der Waals surface area (Å²) >= 11 is 0. The summed E-state index contributed by atoms with van der Waals surface area (Å²) in [4.78, 5) is 0. The lowest BCUT2D eigenvalue weighted by molar-refractivity contribution is -0.371. The molecule has 0 aliphatic heterocycles. The molecular weight excluding hydrogens is 348 g/mol. The van der Waals surface area contributed by atoms with E-state index in [0.717, 1.165) is 0 Å². The van der Waals surface area contributed by atoms with Crippen LogP contribution in [0.2, 0.25) is 0 Å². The third kappa shape index (κ3) is 2.73. The molecule has 0 atom stereocenters. The Bertz CT molecular complexity index is 358. The fourth-order valence-corrected chi connectivity index (χ4v) is 0.886. The van der Waals surface area contributed by atoms with Gasteiger partial charge in [-0.1, -0.05) is 0 Å². The average Bonchev–Trinajstić information content (AvgIpc) is 2.24. The zero-order valence-corrected chi connectivity index (χ0v) is 9.95. The minimum atomic E-state index is -2.20. The van der Waals surface area contributed by atoms with Gasteiger partial charge in [0.1, 0.15) is 13.2 Å². The van der Waals surface area contributed by atoms with E-state index in [2.05, 4.69) is 10.5 Å². The van der Waals surface area contributed by atoms with Gasteiger partial charge in [-0.2, -0.15) is 8.78 Å². The first-order chi connectivity index (χ1) is 7.00. The maximum atomic E-state index is 12.9. The number of quaternary nitrogens is 1. The Balaban J connectivity index is 0.00000225. The molecule has 0 heterocycles. The highest BCUT2D eigenvalue weighted by atomic mass is 127. The number of hydrogen-bond donors (Lipinski definition) is 1. The molecule has 0 radical (unpaired) electrons. The molecule has 0 saturated heterocycles. The van der Waals surface area contributed by atoms with Gasteiger partial charge in [-0.3, -0.25) is 0 Å². The van der Waals surface area contributed by atoms with Crippen molar-refractivity contribution in [2.75, 3.05) is 13.2 Å². The Hall–Kier alpha value is -0.640. The molecule has 1 aromatic carbocycles.